The Kier molecular flexibility index (Phi) is 5.96. The van der Waals surface area contributed by atoms with Crippen LogP contribution >= 0.6 is 0 Å². The smallest absolute Gasteiger partial charge is 0.262 e. The number of rotatable bonds is 4. The first kappa shape index (κ1) is 23.3. The lowest BCUT2D eigenvalue weighted by Gasteiger charge is -2.33. The van der Waals surface area contributed by atoms with E-state index in [4.69, 9.17) is 10.1 Å². The van der Waals surface area contributed by atoms with E-state index in [1.807, 2.05) is 18.5 Å². The van der Waals surface area contributed by atoms with E-state index in [2.05, 4.69) is 29.1 Å². The zero-order chi connectivity index (χ0) is 24.9. The molecule has 4 heterocycles. The Morgan fingerprint density at radius 1 is 1.06 bits per heavy atom. The van der Waals surface area contributed by atoms with E-state index < -0.39 is 11.6 Å². The highest BCUT2D eigenvalue weighted by Gasteiger charge is 2.28. The SMILES string of the molecule is Cc1cc(-c2cc(F)cc(F)c2)ncc1Cc1nc2c(c(C)nn2C2C[C@@H](C)N[C@H](C)C2)c(=O)[nH]1. The molecule has 1 aliphatic rings. The minimum Gasteiger partial charge on any atom is -0.312 e. The van der Waals surface area contributed by atoms with Crippen LogP contribution < -0.4 is 10.9 Å². The zero-order valence-corrected chi connectivity index (χ0v) is 20.2. The molecule has 0 radical (unpaired) electrons. The van der Waals surface area contributed by atoms with Crippen molar-refractivity contribution in [1.82, 2.24) is 30.0 Å². The first-order chi connectivity index (χ1) is 16.7. The van der Waals surface area contributed by atoms with Crippen molar-refractivity contribution in [2.45, 2.75) is 65.1 Å². The van der Waals surface area contributed by atoms with Crippen molar-refractivity contribution < 1.29 is 8.78 Å². The molecule has 0 amide bonds. The summed E-state index contributed by atoms with van der Waals surface area (Å²) in [6.45, 7) is 8.06. The summed E-state index contributed by atoms with van der Waals surface area (Å²) in [5.41, 5.74) is 3.65. The van der Waals surface area contributed by atoms with E-state index in [-0.39, 0.29) is 11.6 Å². The first-order valence-electron chi connectivity index (χ1n) is 11.8. The largest absolute Gasteiger partial charge is 0.312 e. The van der Waals surface area contributed by atoms with Gasteiger partial charge in [0.15, 0.2) is 5.65 Å². The Morgan fingerprint density at radius 3 is 2.40 bits per heavy atom. The van der Waals surface area contributed by atoms with Gasteiger partial charge in [0.05, 0.1) is 17.4 Å². The van der Waals surface area contributed by atoms with Crippen molar-refractivity contribution >= 4 is 11.0 Å². The van der Waals surface area contributed by atoms with Crippen molar-refractivity contribution in [3.8, 4) is 11.3 Å². The average molecular weight is 479 g/mol. The van der Waals surface area contributed by atoms with Crippen molar-refractivity contribution in [3.63, 3.8) is 0 Å². The van der Waals surface area contributed by atoms with Crippen LogP contribution in [0.5, 0.6) is 0 Å². The summed E-state index contributed by atoms with van der Waals surface area (Å²) in [5, 5.41) is 8.76. The van der Waals surface area contributed by atoms with E-state index in [1.165, 1.54) is 12.1 Å². The molecule has 5 rings (SSSR count). The van der Waals surface area contributed by atoms with Crippen LogP contribution in [-0.4, -0.2) is 36.8 Å². The molecule has 0 spiro atoms. The monoisotopic (exact) mass is 478 g/mol. The average Bonchev–Trinajstić information content (AvgIpc) is 3.10. The van der Waals surface area contributed by atoms with Crippen molar-refractivity contribution in [1.29, 1.82) is 0 Å². The molecule has 3 aromatic heterocycles. The number of benzene rings is 1. The zero-order valence-electron chi connectivity index (χ0n) is 20.2. The van der Waals surface area contributed by atoms with Gasteiger partial charge in [-0.1, -0.05) is 0 Å². The van der Waals surface area contributed by atoms with Gasteiger partial charge >= 0.3 is 0 Å². The van der Waals surface area contributed by atoms with Crippen LogP contribution in [-0.2, 0) is 6.42 Å². The summed E-state index contributed by atoms with van der Waals surface area (Å²) in [4.78, 5) is 25.1. The highest BCUT2D eigenvalue weighted by molar-refractivity contribution is 5.77. The second kappa shape index (κ2) is 8.96. The topological polar surface area (TPSA) is 88.5 Å². The summed E-state index contributed by atoms with van der Waals surface area (Å²) in [6, 6.07) is 5.99. The Hall–Kier alpha value is -3.46. The van der Waals surface area contributed by atoms with E-state index >= 15 is 0 Å². The third-order valence-corrected chi connectivity index (χ3v) is 6.69. The van der Waals surface area contributed by atoms with Gasteiger partial charge in [0.2, 0.25) is 0 Å². The number of pyridine rings is 1. The highest BCUT2D eigenvalue weighted by atomic mass is 19.1. The van der Waals surface area contributed by atoms with Crippen LogP contribution in [0.2, 0.25) is 0 Å². The molecular weight excluding hydrogens is 450 g/mol. The molecule has 4 aromatic rings. The van der Waals surface area contributed by atoms with Gasteiger partial charge in [-0.3, -0.25) is 9.78 Å². The molecule has 182 valence electrons. The summed E-state index contributed by atoms with van der Waals surface area (Å²) < 4.78 is 29.2. The number of nitrogens with one attached hydrogen (secondary N) is 2. The Bertz CT molecular complexity index is 1450. The maximum absolute atomic E-state index is 13.6. The summed E-state index contributed by atoms with van der Waals surface area (Å²) in [5.74, 6) is -0.778. The number of piperidine rings is 1. The van der Waals surface area contributed by atoms with E-state index in [1.54, 1.807) is 12.3 Å². The van der Waals surface area contributed by atoms with Gasteiger partial charge in [-0.25, -0.2) is 18.4 Å². The van der Waals surface area contributed by atoms with Crippen LogP contribution in [0, 0.1) is 25.5 Å². The molecule has 1 fully saturated rings. The number of aromatic amines is 1. The maximum atomic E-state index is 13.6. The minimum atomic E-state index is -0.650. The number of fused-ring (bicyclic) bond motifs is 1. The molecule has 0 saturated carbocycles. The quantitative estimate of drug-likeness (QED) is 0.455. The second-order valence-corrected chi connectivity index (χ2v) is 9.67. The molecule has 2 atom stereocenters. The molecule has 1 aliphatic heterocycles. The third kappa shape index (κ3) is 4.60. The summed E-state index contributed by atoms with van der Waals surface area (Å²) in [6.07, 6.45) is 3.85. The first-order valence-corrected chi connectivity index (χ1v) is 11.8. The lowest BCUT2D eigenvalue weighted by atomic mass is 9.95. The predicted octanol–water partition coefficient (Wildman–Crippen LogP) is 4.37. The lowest BCUT2D eigenvalue weighted by molar-refractivity contribution is 0.253. The molecular formula is C26H28F2N6O. The molecule has 0 bridgehead atoms. The summed E-state index contributed by atoms with van der Waals surface area (Å²) in [7, 11) is 0. The molecule has 2 N–H and O–H groups in total. The number of H-pyrrole nitrogens is 1. The van der Waals surface area contributed by atoms with Gasteiger partial charge in [-0.15, -0.1) is 0 Å². The number of nitrogens with zero attached hydrogens (tertiary/aromatic N) is 4. The highest BCUT2D eigenvalue weighted by Crippen LogP contribution is 2.28. The molecule has 1 saturated heterocycles. The number of halogens is 2. The molecule has 9 heteroatoms. The number of hydrogen-bond acceptors (Lipinski definition) is 5. The Balaban J connectivity index is 1.49. The van der Waals surface area contributed by atoms with Gasteiger partial charge in [0, 0.05) is 36.3 Å². The Labute approximate surface area is 201 Å². The summed E-state index contributed by atoms with van der Waals surface area (Å²) >= 11 is 0. The Morgan fingerprint density at radius 2 is 1.74 bits per heavy atom. The fraction of sp³-hybridized carbons (Fsp3) is 0.385. The molecule has 0 unspecified atom stereocenters. The second-order valence-electron chi connectivity index (χ2n) is 9.67. The maximum Gasteiger partial charge on any atom is 0.262 e. The van der Waals surface area contributed by atoms with E-state index in [0.717, 1.165) is 30.0 Å². The van der Waals surface area contributed by atoms with Gasteiger partial charge < -0.3 is 10.3 Å². The van der Waals surface area contributed by atoms with E-state index in [0.29, 0.717) is 52.3 Å². The normalized spacial score (nSPS) is 20.5. The molecule has 7 nitrogen and oxygen atoms in total. The van der Waals surface area contributed by atoms with Gasteiger partial charge in [0.25, 0.3) is 5.56 Å². The van der Waals surface area contributed by atoms with Crippen LogP contribution in [0.4, 0.5) is 8.78 Å². The molecule has 1 aromatic carbocycles. The van der Waals surface area contributed by atoms with Crippen LogP contribution in [0.15, 0.2) is 35.3 Å². The standard InChI is InChI=1S/C26H28F2N6O/c1-13-5-22(17-8-19(27)11-20(28)9-17)29-12-18(13)10-23-31-25-24(26(35)32-23)16(4)33-34(25)21-6-14(2)30-15(3)7-21/h5,8-9,11-12,14-15,21,30H,6-7,10H2,1-4H3,(H,31,32,35)/t14-,15-/m1/s1. The van der Waals surface area contributed by atoms with Crippen LogP contribution in [0.3, 0.4) is 0 Å². The van der Waals surface area contributed by atoms with Crippen molar-refractivity contribution in [3.05, 3.63) is 75.1 Å². The fourth-order valence-corrected chi connectivity index (χ4v) is 5.14. The number of aryl methyl sites for hydroxylation is 2. The van der Waals surface area contributed by atoms with Gasteiger partial charge in [-0.05, 0) is 69.9 Å². The lowest BCUT2D eigenvalue weighted by Crippen LogP contribution is -2.43. The van der Waals surface area contributed by atoms with Crippen LogP contribution in [0.25, 0.3) is 22.3 Å². The van der Waals surface area contributed by atoms with Gasteiger partial charge in [0.1, 0.15) is 22.8 Å². The third-order valence-electron chi connectivity index (χ3n) is 6.69. The molecule has 0 aliphatic carbocycles. The molecule has 35 heavy (non-hydrogen) atoms. The minimum absolute atomic E-state index is 0.161. The number of aromatic nitrogens is 5. The van der Waals surface area contributed by atoms with Crippen LogP contribution in [0.1, 0.15) is 55.4 Å². The van der Waals surface area contributed by atoms with E-state index in [9.17, 15) is 13.6 Å². The fourth-order valence-electron chi connectivity index (χ4n) is 5.14. The predicted molar refractivity (Wildman–Crippen MR) is 130 cm³/mol. The van der Waals surface area contributed by atoms with Crippen molar-refractivity contribution in [2.24, 2.45) is 0 Å². The van der Waals surface area contributed by atoms with Crippen molar-refractivity contribution in [2.75, 3.05) is 0 Å². The van der Waals surface area contributed by atoms with Gasteiger partial charge in [-0.2, -0.15) is 5.10 Å². The number of hydrogen-bond donors (Lipinski definition) is 2.